The van der Waals surface area contributed by atoms with Gasteiger partial charge in [-0.1, -0.05) is 24.3 Å². The van der Waals surface area contributed by atoms with Crippen LogP contribution >= 0.6 is 0 Å². The number of aliphatic hydroxyl groups is 1. The third-order valence-corrected chi connectivity index (χ3v) is 2.46. The Morgan fingerprint density at radius 3 is 3.00 bits per heavy atom. The molecule has 1 N–H and O–H groups in total. The van der Waals surface area contributed by atoms with Crippen molar-refractivity contribution in [2.75, 3.05) is 0 Å². The van der Waals surface area contributed by atoms with E-state index in [2.05, 4.69) is 25.1 Å². The van der Waals surface area contributed by atoms with Crippen LogP contribution in [0.25, 0.3) is 6.08 Å². The van der Waals surface area contributed by atoms with E-state index < -0.39 is 0 Å². The lowest BCUT2D eigenvalue weighted by Gasteiger charge is -2.07. The molecule has 0 aliphatic heterocycles. The molecule has 0 fully saturated rings. The largest absolute Gasteiger partial charge is 0.392 e. The molecule has 0 aromatic heterocycles. The van der Waals surface area contributed by atoms with Crippen molar-refractivity contribution in [1.82, 2.24) is 0 Å². The van der Waals surface area contributed by atoms with Crippen LogP contribution in [0.3, 0.4) is 0 Å². The van der Waals surface area contributed by atoms with Gasteiger partial charge in [-0.2, -0.15) is 0 Å². The molecule has 2 rings (SSSR count). The Balaban J connectivity index is 2.62. The molecule has 0 bridgehead atoms. The fraction of sp³-hybridized carbons (Fsp3) is 0.273. The molecular formula is C11H12O. The molecule has 1 aromatic carbocycles. The number of fused-ring (bicyclic) bond motifs is 1. The lowest BCUT2D eigenvalue weighted by Crippen LogP contribution is -1.93. The Kier molecular flexibility index (Phi) is 1.74. The van der Waals surface area contributed by atoms with E-state index in [-0.39, 0.29) is 6.61 Å². The molecule has 1 aliphatic rings. The average molecular weight is 160 g/mol. The minimum absolute atomic E-state index is 0.146. The van der Waals surface area contributed by atoms with Gasteiger partial charge >= 0.3 is 0 Å². The van der Waals surface area contributed by atoms with Gasteiger partial charge in [0, 0.05) is 0 Å². The first-order valence-electron chi connectivity index (χ1n) is 4.21. The lowest BCUT2D eigenvalue weighted by atomic mass is 9.99. The molecule has 1 heteroatoms. The van der Waals surface area contributed by atoms with Crippen molar-refractivity contribution < 1.29 is 5.11 Å². The zero-order valence-corrected chi connectivity index (χ0v) is 7.17. The van der Waals surface area contributed by atoms with Gasteiger partial charge in [-0.25, -0.2) is 0 Å². The molecule has 1 nitrogen and oxygen atoms in total. The zero-order valence-electron chi connectivity index (χ0n) is 7.17. The third kappa shape index (κ3) is 0.978. The summed E-state index contributed by atoms with van der Waals surface area (Å²) in [5, 5.41) is 9.06. The van der Waals surface area contributed by atoms with E-state index >= 15 is 0 Å². The second kappa shape index (κ2) is 2.76. The van der Waals surface area contributed by atoms with Gasteiger partial charge in [0.25, 0.3) is 0 Å². The van der Waals surface area contributed by atoms with Crippen LogP contribution < -0.4 is 0 Å². The summed E-state index contributed by atoms with van der Waals surface area (Å²) < 4.78 is 0. The fourth-order valence-electron chi connectivity index (χ4n) is 1.73. The molecule has 0 atom stereocenters. The van der Waals surface area contributed by atoms with Gasteiger partial charge in [-0.15, -0.1) is 0 Å². The number of aryl methyl sites for hydroxylation is 1. The first kappa shape index (κ1) is 7.56. The molecule has 0 amide bonds. The summed E-state index contributed by atoms with van der Waals surface area (Å²) in [6.07, 6.45) is 5.28. The highest BCUT2D eigenvalue weighted by Crippen LogP contribution is 2.26. The monoisotopic (exact) mass is 160 g/mol. The first-order chi connectivity index (χ1) is 5.83. The third-order valence-electron chi connectivity index (χ3n) is 2.46. The quantitative estimate of drug-likeness (QED) is 0.666. The Bertz CT molecular complexity index is 337. The maximum atomic E-state index is 9.06. The highest BCUT2D eigenvalue weighted by atomic mass is 16.3. The number of hydrogen-bond donors (Lipinski definition) is 1. The van der Waals surface area contributed by atoms with Gasteiger partial charge in [-0.05, 0) is 35.6 Å². The summed E-state index contributed by atoms with van der Waals surface area (Å²) in [6.45, 7) is 2.26. The second-order valence-electron chi connectivity index (χ2n) is 3.20. The molecule has 0 spiro atoms. The minimum atomic E-state index is 0.146. The van der Waals surface area contributed by atoms with Gasteiger partial charge in [0.15, 0.2) is 0 Å². The summed E-state index contributed by atoms with van der Waals surface area (Å²) >= 11 is 0. The normalized spacial score (nSPS) is 13.5. The number of benzene rings is 1. The van der Waals surface area contributed by atoms with Crippen molar-refractivity contribution in [3.05, 3.63) is 40.5 Å². The average Bonchev–Trinajstić information content (AvgIpc) is 2.54. The summed E-state index contributed by atoms with van der Waals surface area (Å²) in [4.78, 5) is 0. The van der Waals surface area contributed by atoms with Crippen LogP contribution in [0.1, 0.15) is 22.3 Å². The van der Waals surface area contributed by atoms with E-state index in [1.807, 2.05) is 6.07 Å². The molecule has 0 unspecified atom stereocenters. The van der Waals surface area contributed by atoms with Crippen LogP contribution in [0.15, 0.2) is 18.2 Å². The Morgan fingerprint density at radius 2 is 2.25 bits per heavy atom. The van der Waals surface area contributed by atoms with E-state index in [4.69, 9.17) is 5.11 Å². The van der Waals surface area contributed by atoms with Crippen LogP contribution in [-0.2, 0) is 13.0 Å². The predicted molar refractivity (Wildman–Crippen MR) is 49.8 cm³/mol. The fourth-order valence-corrected chi connectivity index (χ4v) is 1.73. The first-order valence-corrected chi connectivity index (χ1v) is 4.21. The van der Waals surface area contributed by atoms with Gasteiger partial charge in [0.2, 0.25) is 0 Å². The van der Waals surface area contributed by atoms with Gasteiger partial charge < -0.3 is 5.11 Å². The zero-order chi connectivity index (χ0) is 8.55. The maximum Gasteiger partial charge on any atom is 0.0687 e. The van der Waals surface area contributed by atoms with Crippen LogP contribution in [0.4, 0.5) is 0 Å². The molecule has 62 valence electrons. The second-order valence-corrected chi connectivity index (χ2v) is 3.20. The smallest absolute Gasteiger partial charge is 0.0687 e. The molecule has 12 heavy (non-hydrogen) atoms. The molecular weight excluding hydrogens is 148 g/mol. The molecule has 0 heterocycles. The van der Waals surface area contributed by atoms with Gasteiger partial charge in [0.05, 0.1) is 6.61 Å². The van der Waals surface area contributed by atoms with Crippen LogP contribution in [0, 0.1) is 6.92 Å². The van der Waals surface area contributed by atoms with Crippen molar-refractivity contribution in [2.24, 2.45) is 0 Å². The van der Waals surface area contributed by atoms with E-state index in [1.54, 1.807) is 0 Å². The van der Waals surface area contributed by atoms with Crippen molar-refractivity contribution in [3.63, 3.8) is 0 Å². The lowest BCUT2D eigenvalue weighted by molar-refractivity contribution is 0.281. The van der Waals surface area contributed by atoms with Crippen LogP contribution in [0.2, 0.25) is 0 Å². The van der Waals surface area contributed by atoms with Crippen molar-refractivity contribution in [3.8, 4) is 0 Å². The molecule has 0 saturated carbocycles. The summed E-state index contributed by atoms with van der Waals surface area (Å²) in [7, 11) is 0. The van der Waals surface area contributed by atoms with Crippen molar-refractivity contribution in [2.45, 2.75) is 20.0 Å². The standard InChI is InChI=1S/C11H12O/c1-8-5-6-9(7-12)11-4-2-3-10(8)11/h2,4-6,12H,3,7H2,1H3. The van der Waals surface area contributed by atoms with Gasteiger partial charge in [0.1, 0.15) is 0 Å². The molecule has 1 aromatic rings. The van der Waals surface area contributed by atoms with E-state index in [1.165, 1.54) is 16.7 Å². The number of aliphatic hydroxyl groups excluding tert-OH is 1. The summed E-state index contributed by atoms with van der Waals surface area (Å²) in [5.74, 6) is 0. The van der Waals surface area contributed by atoms with Gasteiger partial charge in [-0.3, -0.25) is 0 Å². The number of hydrogen-bond acceptors (Lipinski definition) is 1. The molecule has 0 radical (unpaired) electrons. The maximum absolute atomic E-state index is 9.06. The minimum Gasteiger partial charge on any atom is -0.392 e. The molecule has 1 aliphatic carbocycles. The topological polar surface area (TPSA) is 20.2 Å². The van der Waals surface area contributed by atoms with Crippen molar-refractivity contribution >= 4 is 6.08 Å². The summed E-state index contributed by atoms with van der Waals surface area (Å²) in [5.41, 5.74) is 4.98. The van der Waals surface area contributed by atoms with Crippen LogP contribution in [-0.4, -0.2) is 5.11 Å². The Hall–Kier alpha value is -1.08. The number of rotatable bonds is 1. The van der Waals surface area contributed by atoms with Crippen LogP contribution in [0.5, 0.6) is 0 Å². The Morgan fingerprint density at radius 1 is 1.42 bits per heavy atom. The van der Waals surface area contributed by atoms with E-state index in [0.29, 0.717) is 0 Å². The highest BCUT2D eigenvalue weighted by molar-refractivity contribution is 5.65. The predicted octanol–water partition coefficient (Wildman–Crippen LogP) is 2.06. The Labute approximate surface area is 72.4 Å². The van der Waals surface area contributed by atoms with Crippen molar-refractivity contribution in [1.29, 1.82) is 0 Å². The number of allylic oxidation sites excluding steroid dienone is 1. The highest BCUT2D eigenvalue weighted by Gasteiger charge is 2.10. The SMILES string of the molecule is Cc1ccc(CO)c2c1CC=C2. The van der Waals surface area contributed by atoms with E-state index in [0.717, 1.165) is 12.0 Å². The summed E-state index contributed by atoms with van der Waals surface area (Å²) in [6, 6.07) is 4.08. The van der Waals surface area contributed by atoms with E-state index in [9.17, 15) is 0 Å². The molecule has 0 saturated heterocycles.